The van der Waals surface area contributed by atoms with Crippen LogP contribution < -0.4 is 10.6 Å². The molecule has 6 heteroatoms. The molecule has 2 atom stereocenters. The van der Waals surface area contributed by atoms with E-state index in [1.54, 1.807) is 6.08 Å². The summed E-state index contributed by atoms with van der Waals surface area (Å²) < 4.78 is 28.9. The largest absolute Gasteiger partial charge is 0.464 e. The van der Waals surface area contributed by atoms with Crippen LogP contribution in [0.3, 0.4) is 0 Å². The molecular weight excluding hydrogens is 290 g/mol. The van der Waals surface area contributed by atoms with Crippen LogP contribution in [0, 0.1) is 5.92 Å². The second kappa shape index (κ2) is 13.1. The highest BCUT2D eigenvalue weighted by atomic mass is 19.1. The second-order valence-electron chi connectivity index (χ2n) is 4.86. The van der Waals surface area contributed by atoms with E-state index in [0.29, 0.717) is 13.0 Å². The van der Waals surface area contributed by atoms with Gasteiger partial charge in [0.2, 0.25) is 6.86 Å². The summed E-state index contributed by atoms with van der Waals surface area (Å²) in [6.45, 7) is 6.51. The molecule has 0 radical (unpaired) electrons. The van der Waals surface area contributed by atoms with Crippen molar-refractivity contribution in [2.24, 2.45) is 5.92 Å². The predicted octanol–water partition coefficient (Wildman–Crippen LogP) is 3.85. The Labute approximate surface area is 132 Å². The second-order valence-corrected chi connectivity index (χ2v) is 4.86. The minimum absolute atomic E-state index is 0.0401. The van der Waals surface area contributed by atoms with Gasteiger partial charge >= 0.3 is 6.03 Å². The lowest BCUT2D eigenvalue weighted by Gasteiger charge is -2.28. The van der Waals surface area contributed by atoms with Gasteiger partial charge in [0.1, 0.15) is 5.76 Å². The van der Waals surface area contributed by atoms with Crippen LogP contribution in [0.5, 0.6) is 0 Å². The molecule has 1 fully saturated rings. The van der Waals surface area contributed by atoms with Gasteiger partial charge in [-0.05, 0) is 31.3 Å². The minimum Gasteiger partial charge on any atom is -0.464 e. The number of hydrogen-bond acceptors (Lipinski definition) is 2. The average molecular weight is 318 g/mol. The molecule has 0 saturated heterocycles. The molecule has 2 N–H and O–H groups in total. The van der Waals surface area contributed by atoms with Gasteiger partial charge in [0.25, 0.3) is 0 Å². The first-order valence-electron chi connectivity index (χ1n) is 7.80. The molecule has 1 aliphatic carbocycles. The summed E-state index contributed by atoms with van der Waals surface area (Å²) in [6, 6.07) is -0.241. The molecule has 128 valence electrons. The minimum atomic E-state index is -0.922. The summed E-state index contributed by atoms with van der Waals surface area (Å²) in [6.07, 6.45) is 6.53. The Hall–Kier alpha value is -1.59. The number of rotatable bonds is 7. The maximum atomic E-state index is 12.6. The lowest BCUT2D eigenvalue weighted by atomic mass is 9.86. The molecule has 22 heavy (non-hydrogen) atoms. The first kappa shape index (κ1) is 20.4. The lowest BCUT2D eigenvalue weighted by molar-refractivity contribution is 0.125. The van der Waals surface area contributed by atoms with Gasteiger partial charge in [0.15, 0.2) is 0 Å². The fourth-order valence-electron chi connectivity index (χ4n) is 2.26. The van der Waals surface area contributed by atoms with Crippen LogP contribution in [0.4, 0.5) is 13.6 Å². The Balaban J connectivity index is 0.00000211. The number of hydrogen-bond donors (Lipinski definition) is 2. The van der Waals surface area contributed by atoms with Crippen LogP contribution in [-0.4, -0.2) is 32.2 Å². The third-order valence-corrected chi connectivity index (χ3v) is 3.26. The van der Waals surface area contributed by atoms with Gasteiger partial charge in [-0.3, -0.25) is 4.39 Å². The van der Waals surface area contributed by atoms with E-state index in [-0.39, 0.29) is 30.4 Å². The third kappa shape index (κ3) is 9.37. The average Bonchev–Trinajstić information content (AvgIpc) is 2.54. The summed E-state index contributed by atoms with van der Waals surface area (Å²) in [7, 11) is 0. The van der Waals surface area contributed by atoms with E-state index in [1.807, 2.05) is 13.8 Å². The summed E-state index contributed by atoms with van der Waals surface area (Å²) in [5.41, 5.74) is 0. The number of amides is 2. The SMILES string of the molecule is C=C(/C=C/CNC(=O)N[C@@H]1CCC[C@H](CF)C1)OCF.CC. The molecule has 0 aliphatic heterocycles. The molecule has 4 nitrogen and oxygen atoms in total. The van der Waals surface area contributed by atoms with Crippen molar-refractivity contribution in [2.45, 2.75) is 45.6 Å². The maximum absolute atomic E-state index is 12.6. The van der Waals surface area contributed by atoms with Gasteiger partial charge in [-0.25, -0.2) is 9.18 Å². The molecule has 0 bridgehead atoms. The highest BCUT2D eigenvalue weighted by Crippen LogP contribution is 2.24. The quantitative estimate of drug-likeness (QED) is 0.553. The summed E-state index contributed by atoms with van der Waals surface area (Å²) in [4.78, 5) is 11.6. The van der Waals surface area contributed by atoms with Gasteiger partial charge in [-0.15, -0.1) is 0 Å². The number of nitrogens with one attached hydrogen (secondary N) is 2. The van der Waals surface area contributed by atoms with Gasteiger partial charge in [-0.2, -0.15) is 0 Å². The Morgan fingerprint density at radius 3 is 2.73 bits per heavy atom. The van der Waals surface area contributed by atoms with E-state index in [0.717, 1.165) is 19.3 Å². The number of halogens is 2. The van der Waals surface area contributed by atoms with Gasteiger partial charge < -0.3 is 15.4 Å². The fourth-order valence-corrected chi connectivity index (χ4v) is 2.26. The predicted molar refractivity (Wildman–Crippen MR) is 84.9 cm³/mol. The van der Waals surface area contributed by atoms with Crippen molar-refractivity contribution < 1.29 is 18.3 Å². The molecule has 0 aromatic heterocycles. The first-order valence-corrected chi connectivity index (χ1v) is 7.80. The van der Waals surface area contributed by atoms with E-state index >= 15 is 0 Å². The zero-order valence-corrected chi connectivity index (χ0v) is 13.5. The van der Waals surface area contributed by atoms with Crippen LogP contribution in [0.1, 0.15) is 39.5 Å². The molecule has 0 aromatic carbocycles. The Bertz CT molecular complexity index is 349. The first-order chi connectivity index (χ1) is 10.7. The van der Waals surface area contributed by atoms with E-state index in [1.165, 1.54) is 6.08 Å². The van der Waals surface area contributed by atoms with Crippen molar-refractivity contribution in [2.75, 3.05) is 20.1 Å². The molecule has 0 aromatic rings. The Morgan fingerprint density at radius 2 is 2.09 bits per heavy atom. The van der Waals surface area contributed by atoms with E-state index in [9.17, 15) is 13.6 Å². The van der Waals surface area contributed by atoms with Crippen LogP contribution in [-0.2, 0) is 4.74 Å². The smallest absolute Gasteiger partial charge is 0.315 e. The van der Waals surface area contributed by atoms with Crippen molar-refractivity contribution >= 4 is 6.03 Å². The topological polar surface area (TPSA) is 50.4 Å². The molecule has 1 aliphatic rings. The fraction of sp³-hybridized carbons (Fsp3) is 0.688. The van der Waals surface area contributed by atoms with Crippen LogP contribution in [0.2, 0.25) is 0 Å². The van der Waals surface area contributed by atoms with Crippen molar-refractivity contribution in [3.05, 3.63) is 24.5 Å². The molecule has 2 amide bonds. The monoisotopic (exact) mass is 318 g/mol. The zero-order valence-electron chi connectivity index (χ0n) is 13.5. The molecule has 1 saturated carbocycles. The summed E-state index contributed by atoms with van der Waals surface area (Å²) >= 11 is 0. The molecule has 0 heterocycles. The third-order valence-electron chi connectivity index (χ3n) is 3.26. The van der Waals surface area contributed by atoms with Crippen molar-refractivity contribution in [3.63, 3.8) is 0 Å². The number of alkyl halides is 2. The number of ether oxygens (including phenoxy) is 1. The van der Waals surface area contributed by atoms with E-state index in [4.69, 9.17) is 0 Å². The Morgan fingerprint density at radius 1 is 1.36 bits per heavy atom. The van der Waals surface area contributed by atoms with Gasteiger partial charge in [-0.1, -0.05) is 32.9 Å². The zero-order chi connectivity index (χ0) is 16.8. The van der Waals surface area contributed by atoms with Crippen molar-refractivity contribution in [3.8, 4) is 0 Å². The van der Waals surface area contributed by atoms with E-state index < -0.39 is 6.86 Å². The molecular formula is C16H28F2N2O2. The van der Waals surface area contributed by atoms with Crippen LogP contribution in [0.15, 0.2) is 24.5 Å². The van der Waals surface area contributed by atoms with Crippen LogP contribution >= 0.6 is 0 Å². The highest BCUT2D eigenvalue weighted by molar-refractivity contribution is 5.74. The van der Waals surface area contributed by atoms with Crippen LogP contribution in [0.25, 0.3) is 0 Å². The summed E-state index contributed by atoms with van der Waals surface area (Å²) in [5.74, 6) is 0.267. The van der Waals surface area contributed by atoms with Gasteiger partial charge in [0.05, 0.1) is 6.67 Å². The number of allylic oxidation sites excluding steroid dienone is 1. The number of carbonyl (C=O) groups excluding carboxylic acids is 1. The molecule has 1 rings (SSSR count). The normalized spacial score (nSPS) is 20.7. The number of urea groups is 1. The van der Waals surface area contributed by atoms with Crippen molar-refractivity contribution in [1.82, 2.24) is 10.6 Å². The summed E-state index contributed by atoms with van der Waals surface area (Å²) in [5, 5.41) is 5.47. The standard InChI is InChI=1S/C14H22F2N2O2.C2H6/c1-11(20-10-16)4-3-7-17-14(19)18-13-6-2-5-12(8-13)9-15;1-2/h3-4,12-13H,1-2,5-10H2,(H2,17,18,19);1-2H3/b4-3+;/t12-,13+;/m0./s1. The number of carbonyl (C=O) groups is 1. The lowest BCUT2D eigenvalue weighted by Crippen LogP contribution is -2.44. The van der Waals surface area contributed by atoms with Gasteiger partial charge in [0, 0.05) is 12.6 Å². The van der Waals surface area contributed by atoms with E-state index in [2.05, 4.69) is 21.9 Å². The maximum Gasteiger partial charge on any atom is 0.315 e. The van der Waals surface area contributed by atoms with Crippen molar-refractivity contribution in [1.29, 1.82) is 0 Å². The molecule has 0 spiro atoms. The Kier molecular flexibility index (Phi) is 12.2. The highest BCUT2D eigenvalue weighted by Gasteiger charge is 2.22. The molecule has 0 unspecified atom stereocenters.